The smallest absolute Gasteiger partial charge is 0.338 e. The highest BCUT2D eigenvalue weighted by molar-refractivity contribution is 6.20. The summed E-state index contributed by atoms with van der Waals surface area (Å²) >= 11 is 6.33. The van der Waals surface area contributed by atoms with Gasteiger partial charge in [-0.05, 0) is 36.4 Å². The number of carbonyl (C=O) groups excluding carboxylic acids is 3. The van der Waals surface area contributed by atoms with E-state index in [0.29, 0.717) is 16.7 Å². The summed E-state index contributed by atoms with van der Waals surface area (Å²) in [4.78, 5) is 37.8. The number of hydrogen-bond acceptors (Lipinski definition) is 7. The normalized spacial score (nSPS) is 21.4. The van der Waals surface area contributed by atoms with E-state index < -0.39 is 41.8 Å². The van der Waals surface area contributed by atoms with Crippen molar-refractivity contribution in [1.82, 2.24) is 0 Å². The minimum atomic E-state index is -1.12. The van der Waals surface area contributed by atoms with Crippen molar-refractivity contribution in [2.24, 2.45) is 0 Å². The summed E-state index contributed by atoms with van der Waals surface area (Å²) in [5.41, 5.74) is -0.165. The second kappa shape index (κ2) is 11.0. The number of benzene rings is 3. The number of alkyl halides is 1. The molecule has 0 spiro atoms. The lowest BCUT2D eigenvalue weighted by Crippen LogP contribution is -2.41. The summed E-state index contributed by atoms with van der Waals surface area (Å²) in [6, 6.07) is 25.1. The average Bonchev–Trinajstić information content (AvgIpc) is 3.17. The van der Waals surface area contributed by atoms with Gasteiger partial charge in [-0.15, -0.1) is 0 Å². The van der Waals surface area contributed by atoms with Crippen LogP contribution < -0.4 is 0 Å². The van der Waals surface area contributed by atoms with E-state index in [0.717, 1.165) is 0 Å². The molecule has 4 atom stereocenters. The maximum Gasteiger partial charge on any atom is 0.338 e. The largest absolute Gasteiger partial charge is 0.459 e. The Bertz CT molecular complexity index is 1120. The lowest BCUT2D eigenvalue weighted by Gasteiger charge is -2.23. The Morgan fingerprint density at radius 3 is 1.53 bits per heavy atom. The van der Waals surface area contributed by atoms with Crippen LogP contribution in [0.2, 0.25) is 0 Å². The number of rotatable bonds is 7. The number of ether oxygens (including phenoxy) is 4. The summed E-state index contributed by atoms with van der Waals surface area (Å²) in [6.07, 6.45) is -3.18. The van der Waals surface area contributed by atoms with Crippen LogP contribution in [0.15, 0.2) is 91.0 Å². The van der Waals surface area contributed by atoms with E-state index in [-0.39, 0.29) is 6.61 Å². The standard InChI is InChI=1S/C26H21ClO7/c27-23-22(34-26(30)19-14-8-3-9-15-19)21(33-25(29)18-12-6-2-7-13-18)20(32-23)16-31-24(28)17-10-4-1-5-11-17/h1-15,20-23H,16H2/t20-,21+,22+,23-/m1/s1. The Kier molecular flexibility index (Phi) is 7.57. The summed E-state index contributed by atoms with van der Waals surface area (Å²) in [5.74, 6) is -1.88. The van der Waals surface area contributed by atoms with Crippen LogP contribution in [0.3, 0.4) is 0 Å². The van der Waals surface area contributed by atoms with Crippen molar-refractivity contribution in [3.63, 3.8) is 0 Å². The summed E-state index contributed by atoms with van der Waals surface area (Å²) in [7, 11) is 0. The molecular formula is C26H21ClO7. The van der Waals surface area contributed by atoms with Gasteiger partial charge in [0.1, 0.15) is 12.7 Å². The second-order valence-electron chi connectivity index (χ2n) is 7.46. The Hall–Kier alpha value is -3.68. The molecule has 0 bridgehead atoms. The predicted octanol–water partition coefficient (Wildman–Crippen LogP) is 4.26. The van der Waals surface area contributed by atoms with Gasteiger partial charge in [0.05, 0.1) is 16.7 Å². The van der Waals surface area contributed by atoms with Gasteiger partial charge in [0.25, 0.3) is 0 Å². The molecule has 7 nitrogen and oxygen atoms in total. The molecule has 0 aromatic heterocycles. The summed E-state index contributed by atoms with van der Waals surface area (Å²) < 4.78 is 22.3. The van der Waals surface area contributed by atoms with Gasteiger partial charge in [-0.25, -0.2) is 14.4 Å². The van der Waals surface area contributed by atoms with Gasteiger partial charge in [0.2, 0.25) is 0 Å². The van der Waals surface area contributed by atoms with Gasteiger partial charge < -0.3 is 18.9 Å². The molecule has 174 valence electrons. The van der Waals surface area contributed by atoms with E-state index in [1.807, 2.05) is 0 Å². The van der Waals surface area contributed by atoms with Crippen molar-refractivity contribution in [2.75, 3.05) is 6.61 Å². The zero-order valence-electron chi connectivity index (χ0n) is 17.9. The minimum Gasteiger partial charge on any atom is -0.459 e. The lowest BCUT2D eigenvalue weighted by atomic mass is 10.1. The maximum absolute atomic E-state index is 12.7. The molecule has 3 aromatic rings. The quantitative estimate of drug-likeness (QED) is 0.283. The fourth-order valence-electron chi connectivity index (χ4n) is 3.43. The highest BCUT2D eigenvalue weighted by atomic mass is 35.5. The molecular weight excluding hydrogens is 460 g/mol. The van der Waals surface area contributed by atoms with E-state index in [9.17, 15) is 14.4 Å². The van der Waals surface area contributed by atoms with Crippen LogP contribution >= 0.6 is 11.6 Å². The molecule has 4 rings (SSSR count). The topological polar surface area (TPSA) is 88.1 Å². The summed E-state index contributed by atoms with van der Waals surface area (Å²) in [5, 5.41) is 0. The van der Waals surface area contributed by atoms with Gasteiger partial charge in [-0.2, -0.15) is 0 Å². The molecule has 0 aliphatic carbocycles. The first-order valence-corrected chi connectivity index (χ1v) is 11.0. The molecule has 3 aromatic carbocycles. The first-order chi connectivity index (χ1) is 16.5. The number of hydrogen-bond donors (Lipinski definition) is 0. The van der Waals surface area contributed by atoms with Crippen LogP contribution in [-0.2, 0) is 18.9 Å². The third kappa shape index (κ3) is 5.62. The Morgan fingerprint density at radius 2 is 1.06 bits per heavy atom. The molecule has 1 aliphatic rings. The fourth-order valence-corrected chi connectivity index (χ4v) is 3.75. The van der Waals surface area contributed by atoms with E-state index in [1.165, 1.54) is 0 Å². The van der Waals surface area contributed by atoms with Crippen LogP contribution in [0.25, 0.3) is 0 Å². The Labute approximate surface area is 201 Å². The zero-order chi connectivity index (χ0) is 23.9. The van der Waals surface area contributed by atoms with Gasteiger partial charge in [-0.1, -0.05) is 66.2 Å². The lowest BCUT2D eigenvalue weighted by molar-refractivity contribution is -0.0435. The molecule has 1 saturated heterocycles. The SMILES string of the molecule is O=C(OC[C@H]1O[C@@H](Cl)[C@@H](OC(=O)c2ccccc2)[C@H]1OC(=O)c1ccccc1)c1ccccc1. The van der Waals surface area contributed by atoms with Crippen molar-refractivity contribution in [1.29, 1.82) is 0 Å². The minimum absolute atomic E-state index is 0.261. The molecule has 1 fully saturated rings. The fraction of sp³-hybridized carbons (Fsp3) is 0.192. The molecule has 0 amide bonds. The molecule has 0 unspecified atom stereocenters. The van der Waals surface area contributed by atoms with E-state index in [4.69, 9.17) is 30.5 Å². The second-order valence-corrected chi connectivity index (χ2v) is 7.89. The van der Waals surface area contributed by atoms with E-state index in [1.54, 1.807) is 91.0 Å². The molecule has 0 N–H and O–H groups in total. The monoisotopic (exact) mass is 480 g/mol. The zero-order valence-corrected chi connectivity index (χ0v) is 18.7. The van der Waals surface area contributed by atoms with Crippen molar-refractivity contribution < 1.29 is 33.3 Å². The molecule has 1 heterocycles. The Balaban J connectivity index is 1.51. The van der Waals surface area contributed by atoms with Crippen LogP contribution in [0, 0.1) is 0 Å². The van der Waals surface area contributed by atoms with Crippen LogP contribution in [0.4, 0.5) is 0 Å². The van der Waals surface area contributed by atoms with Crippen molar-refractivity contribution in [3.8, 4) is 0 Å². The number of carbonyl (C=O) groups is 3. The predicted molar refractivity (Wildman–Crippen MR) is 123 cm³/mol. The highest BCUT2D eigenvalue weighted by Crippen LogP contribution is 2.31. The summed E-state index contributed by atoms with van der Waals surface area (Å²) in [6.45, 7) is -0.261. The van der Waals surface area contributed by atoms with Crippen LogP contribution in [-0.4, -0.2) is 48.4 Å². The van der Waals surface area contributed by atoms with Gasteiger partial charge in [0.15, 0.2) is 17.8 Å². The molecule has 0 saturated carbocycles. The Morgan fingerprint density at radius 1 is 0.647 bits per heavy atom. The van der Waals surface area contributed by atoms with Crippen LogP contribution in [0.5, 0.6) is 0 Å². The maximum atomic E-state index is 12.7. The first kappa shape index (κ1) is 23.5. The average molecular weight is 481 g/mol. The highest BCUT2D eigenvalue weighted by Gasteiger charge is 2.49. The third-order valence-corrected chi connectivity index (χ3v) is 5.50. The van der Waals surface area contributed by atoms with Crippen LogP contribution in [0.1, 0.15) is 31.1 Å². The number of esters is 3. The molecule has 34 heavy (non-hydrogen) atoms. The van der Waals surface area contributed by atoms with Crippen molar-refractivity contribution in [2.45, 2.75) is 23.9 Å². The molecule has 8 heteroatoms. The van der Waals surface area contributed by atoms with Gasteiger partial charge in [-0.3, -0.25) is 0 Å². The first-order valence-electron chi connectivity index (χ1n) is 10.6. The van der Waals surface area contributed by atoms with E-state index >= 15 is 0 Å². The van der Waals surface area contributed by atoms with Gasteiger partial charge >= 0.3 is 17.9 Å². The van der Waals surface area contributed by atoms with Crippen molar-refractivity contribution in [3.05, 3.63) is 108 Å². The molecule has 0 radical (unpaired) electrons. The van der Waals surface area contributed by atoms with Gasteiger partial charge in [0, 0.05) is 0 Å². The third-order valence-electron chi connectivity index (χ3n) is 5.15. The molecule has 1 aliphatic heterocycles. The van der Waals surface area contributed by atoms with E-state index in [2.05, 4.69) is 0 Å². The van der Waals surface area contributed by atoms with Crippen molar-refractivity contribution >= 4 is 29.5 Å². The number of halogens is 1.